The average Bonchev–Trinajstić information content (AvgIpc) is 2.99. The van der Waals surface area contributed by atoms with E-state index in [4.69, 9.17) is 9.47 Å². The summed E-state index contributed by atoms with van der Waals surface area (Å²) in [7, 11) is 3.22. The number of hydrogen-bond acceptors (Lipinski definition) is 6. The number of amides is 1. The van der Waals surface area contributed by atoms with Gasteiger partial charge in [0.1, 0.15) is 11.5 Å². The minimum absolute atomic E-state index is 0.109. The summed E-state index contributed by atoms with van der Waals surface area (Å²) in [5.41, 5.74) is 3.15. The molecule has 152 valence electrons. The van der Waals surface area contributed by atoms with Crippen molar-refractivity contribution in [3.8, 4) is 11.5 Å². The Bertz CT molecular complexity index is 944. The highest BCUT2D eigenvalue weighted by Gasteiger charge is 2.33. The largest absolute Gasteiger partial charge is 0.507 e. The van der Waals surface area contributed by atoms with E-state index in [1.807, 2.05) is 56.3 Å². The molecule has 7 heteroatoms. The van der Waals surface area contributed by atoms with Gasteiger partial charge in [0.25, 0.3) is 5.91 Å². The highest BCUT2D eigenvalue weighted by molar-refractivity contribution is 8.18. The Labute approximate surface area is 174 Å². The van der Waals surface area contributed by atoms with Crippen molar-refractivity contribution in [3.63, 3.8) is 0 Å². The predicted octanol–water partition coefficient (Wildman–Crippen LogP) is 4.27. The van der Waals surface area contributed by atoms with Gasteiger partial charge in [0.05, 0.1) is 30.9 Å². The molecule has 1 aliphatic rings. The van der Waals surface area contributed by atoms with Crippen molar-refractivity contribution in [1.82, 2.24) is 4.90 Å². The van der Waals surface area contributed by atoms with E-state index in [0.717, 1.165) is 28.1 Å². The molecule has 2 aromatic carbocycles. The average molecular weight is 413 g/mol. The number of rotatable bonds is 6. The molecule has 0 radical (unpaired) electrons. The number of phenols is 1. The van der Waals surface area contributed by atoms with Crippen LogP contribution in [0.1, 0.15) is 16.7 Å². The van der Waals surface area contributed by atoms with Crippen molar-refractivity contribution in [3.05, 3.63) is 58.0 Å². The SMILES string of the molecule is COCCN1C(=O)C(=Cc2cc(C)c(O)c(C)c2)SC1=Nc1ccc(OC)cc1. The fourth-order valence-electron chi connectivity index (χ4n) is 2.96. The Morgan fingerprint density at radius 3 is 2.38 bits per heavy atom. The first-order chi connectivity index (χ1) is 13.9. The highest BCUT2D eigenvalue weighted by atomic mass is 32.2. The molecular formula is C22H24N2O4S. The summed E-state index contributed by atoms with van der Waals surface area (Å²) in [4.78, 5) is 19.8. The van der Waals surface area contributed by atoms with Crippen LogP contribution in [0.3, 0.4) is 0 Å². The van der Waals surface area contributed by atoms with Crippen molar-refractivity contribution >= 4 is 34.6 Å². The summed E-state index contributed by atoms with van der Waals surface area (Å²) < 4.78 is 10.3. The van der Waals surface area contributed by atoms with Crippen molar-refractivity contribution in [1.29, 1.82) is 0 Å². The minimum atomic E-state index is -0.109. The number of phenolic OH excluding ortho intramolecular Hbond substituents is 1. The molecule has 6 nitrogen and oxygen atoms in total. The molecule has 0 atom stereocenters. The highest BCUT2D eigenvalue weighted by Crippen LogP contribution is 2.35. The van der Waals surface area contributed by atoms with E-state index in [1.165, 1.54) is 11.8 Å². The van der Waals surface area contributed by atoms with E-state index in [2.05, 4.69) is 4.99 Å². The maximum atomic E-state index is 13.0. The van der Waals surface area contributed by atoms with Crippen LogP contribution >= 0.6 is 11.8 Å². The van der Waals surface area contributed by atoms with Crippen LogP contribution < -0.4 is 4.74 Å². The van der Waals surface area contributed by atoms with E-state index in [-0.39, 0.29) is 11.7 Å². The van der Waals surface area contributed by atoms with E-state index >= 15 is 0 Å². The number of carbonyl (C=O) groups is 1. The number of carbonyl (C=O) groups excluding carboxylic acids is 1. The molecule has 0 bridgehead atoms. The number of aryl methyl sites for hydroxylation is 2. The van der Waals surface area contributed by atoms with Crippen molar-refractivity contribution < 1.29 is 19.4 Å². The smallest absolute Gasteiger partial charge is 0.266 e. The van der Waals surface area contributed by atoms with Gasteiger partial charge in [-0.3, -0.25) is 9.69 Å². The van der Waals surface area contributed by atoms with Gasteiger partial charge >= 0.3 is 0 Å². The van der Waals surface area contributed by atoms with Crippen LogP contribution in [0.25, 0.3) is 6.08 Å². The van der Waals surface area contributed by atoms with Gasteiger partial charge in [-0.15, -0.1) is 0 Å². The Morgan fingerprint density at radius 1 is 1.14 bits per heavy atom. The molecule has 0 saturated carbocycles. The first kappa shape index (κ1) is 21.0. The van der Waals surface area contributed by atoms with Crippen LogP contribution in [0, 0.1) is 13.8 Å². The van der Waals surface area contributed by atoms with Crippen molar-refractivity contribution in [2.75, 3.05) is 27.4 Å². The van der Waals surface area contributed by atoms with Gasteiger partial charge in [0, 0.05) is 7.11 Å². The molecule has 0 aliphatic carbocycles. The quantitative estimate of drug-likeness (QED) is 0.718. The molecular weight excluding hydrogens is 388 g/mol. The molecule has 2 aromatic rings. The van der Waals surface area contributed by atoms with E-state index in [0.29, 0.717) is 23.2 Å². The monoisotopic (exact) mass is 412 g/mol. The fraction of sp³-hybridized carbons (Fsp3) is 0.273. The number of ether oxygens (including phenoxy) is 2. The van der Waals surface area contributed by atoms with Gasteiger partial charge in [-0.2, -0.15) is 0 Å². The summed E-state index contributed by atoms with van der Waals surface area (Å²) in [6.07, 6.45) is 1.84. The van der Waals surface area contributed by atoms with Gasteiger partial charge in [-0.05, 0) is 84.8 Å². The van der Waals surface area contributed by atoms with Crippen LogP contribution in [0.15, 0.2) is 46.3 Å². The van der Waals surface area contributed by atoms with E-state index in [1.54, 1.807) is 19.1 Å². The van der Waals surface area contributed by atoms with Crippen molar-refractivity contribution in [2.24, 2.45) is 4.99 Å². The number of hydrogen-bond donors (Lipinski definition) is 1. The van der Waals surface area contributed by atoms with Gasteiger partial charge in [0.15, 0.2) is 5.17 Å². The molecule has 3 rings (SSSR count). The van der Waals surface area contributed by atoms with E-state index < -0.39 is 0 Å². The van der Waals surface area contributed by atoms with Crippen LogP contribution in [0.5, 0.6) is 11.5 Å². The van der Waals surface area contributed by atoms with Crippen LogP contribution in [-0.4, -0.2) is 48.5 Å². The van der Waals surface area contributed by atoms with Crippen molar-refractivity contribution in [2.45, 2.75) is 13.8 Å². The molecule has 1 N–H and O–H groups in total. The number of methoxy groups -OCH3 is 2. The maximum Gasteiger partial charge on any atom is 0.266 e. The molecule has 0 spiro atoms. The zero-order valence-corrected chi connectivity index (χ0v) is 17.7. The third kappa shape index (κ3) is 4.81. The molecule has 29 heavy (non-hydrogen) atoms. The molecule has 1 saturated heterocycles. The molecule has 0 aromatic heterocycles. The Kier molecular flexibility index (Phi) is 6.61. The Morgan fingerprint density at radius 2 is 1.79 bits per heavy atom. The van der Waals surface area contributed by atoms with Crippen LogP contribution in [0.4, 0.5) is 5.69 Å². The summed E-state index contributed by atoms with van der Waals surface area (Å²) in [5, 5.41) is 10.6. The first-order valence-electron chi connectivity index (χ1n) is 9.16. The summed E-state index contributed by atoms with van der Waals surface area (Å²) in [5.74, 6) is 0.919. The maximum absolute atomic E-state index is 13.0. The zero-order valence-electron chi connectivity index (χ0n) is 16.9. The third-order valence-corrected chi connectivity index (χ3v) is 5.52. The lowest BCUT2D eigenvalue weighted by Gasteiger charge is -2.14. The summed E-state index contributed by atoms with van der Waals surface area (Å²) >= 11 is 1.33. The van der Waals surface area contributed by atoms with E-state index in [9.17, 15) is 9.90 Å². The van der Waals surface area contributed by atoms with Gasteiger partial charge in [-0.1, -0.05) is 0 Å². The Hall–Kier alpha value is -2.77. The zero-order chi connectivity index (χ0) is 21.0. The first-order valence-corrected chi connectivity index (χ1v) is 9.98. The lowest BCUT2D eigenvalue weighted by Crippen LogP contribution is -2.32. The second kappa shape index (κ2) is 9.15. The second-order valence-electron chi connectivity index (χ2n) is 6.66. The molecule has 1 heterocycles. The number of thioether (sulfide) groups is 1. The number of aromatic hydroxyl groups is 1. The Balaban J connectivity index is 1.94. The summed E-state index contributed by atoms with van der Waals surface area (Å²) in [6, 6.07) is 11.1. The minimum Gasteiger partial charge on any atom is -0.507 e. The molecule has 1 amide bonds. The molecule has 1 aliphatic heterocycles. The van der Waals surface area contributed by atoms with Gasteiger partial charge in [0.2, 0.25) is 0 Å². The van der Waals surface area contributed by atoms with Crippen LogP contribution in [0.2, 0.25) is 0 Å². The second-order valence-corrected chi connectivity index (χ2v) is 7.67. The third-order valence-electron chi connectivity index (χ3n) is 4.52. The van der Waals surface area contributed by atoms with Crippen LogP contribution in [-0.2, 0) is 9.53 Å². The number of nitrogens with zero attached hydrogens (tertiary/aromatic N) is 2. The van der Waals surface area contributed by atoms with Gasteiger partial charge < -0.3 is 14.6 Å². The molecule has 1 fully saturated rings. The number of amidine groups is 1. The van der Waals surface area contributed by atoms with Gasteiger partial charge in [-0.25, -0.2) is 4.99 Å². The standard InChI is InChI=1S/C22H24N2O4S/c1-14-11-16(12-15(2)20(14)25)13-19-21(26)24(9-10-27-3)22(29-19)23-17-5-7-18(28-4)8-6-17/h5-8,11-13,25H,9-10H2,1-4H3. The topological polar surface area (TPSA) is 71.4 Å². The lowest BCUT2D eigenvalue weighted by molar-refractivity contribution is -0.122. The lowest BCUT2D eigenvalue weighted by atomic mass is 10.1. The fourth-order valence-corrected chi connectivity index (χ4v) is 3.99. The normalized spacial score (nSPS) is 16.8. The summed E-state index contributed by atoms with van der Waals surface area (Å²) in [6.45, 7) is 4.52. The molecule has 0 unspecified atom stereocenters. The number of benzene rings is 2. The predicted molar refractivity (Wildman–Crippen MR) is 117 cm³/mol. The number of aliphatic imine (C=N–C) groups is 1.